The molecule has 2 aliphatic heterocycles. The van der Waals surface area contributed by atoms with E-state index in [0.717, 1.165) is 53.0 Å². The first kappa shape index (κ1) is 34.0. The van der Waals surface area contributed by atoms with Gasteiger partial charge in [-0.1, -0.05) is 112 Å². The molecule has 9 rings (SSSR count). The zero-order valence-electron chi connectivity index (χ0n) is 30.9. The number of hydrogen-bond acceptors (Lipinski definition) is 6. The maximum absolute atomic E-state index is 14.2. The minimum absolute atomic E-state index is 0.00591. The fourth-order valence-electron chi connectivity index (χ4n) is 9.28. The normalized spacial score (nSPS) is 21.1. The van der Waals surface area contributed by atoms with Gasteiger partial charge in [-0.3, -0.25) is 14.6 Å². The topological polar surface area (TPSA) is 93.5 Å². The summed E-state index contributed by atoms with van der Waals surface area (Å²) in [6.45, 7) is 7.29. The Morgan fingerprint density at radius 3 is 2.07 bits per heavy atom. The lowest BCUT2D eigenvalue weighted by atomic mass is 9.65. The number of nitrogens with zero attached hydrogens (tertiary/aromatic N) is 6. The van der Waals surface area contributed by atoms with E-state index in [-0.39, 0.29) is 35.9 Å². The number of carbonyl (C=O) groups is 2. The second-order valence-corrected chi connectivity index (χ2v) is 16.0. The molecule has 1 spiro atoms. The minimum atomic E-state index is -0.814. The van der Waals surface area contributed by atoms with E-state index in [1.54, 1.807) is 17.3 Å². The van der Waals surface area contributed by atoms with Crippen molar-refractivity contribution in [1.29, 1.82) is 0 Å². The zero-order chi connectivity index (χ0) is 37.1. The van der Waals surface area contributed by atoms with Crippen LogP contribution in [0.3, 0.4) is 0 Å². The van der Waals surface area contributed by atoms with Crippen molar-refractivity contribution in [2.24, 2.45) is 5.41 Å². The van der Waals surface area contributed by atoms with E-state index in [0.29, 0.717) is 24.2 Å². The van der Waals surface area contributed by atoms with Crippen LogP contribution >= 0.6 is 0 Å². The molecule has 1 saturated heterocycles. The molecule has 0 radical (unpaired) electrons. The van der Waals surface area contributed by atoms with Crippen LogP contribution in [0.15, 0.2) is 128 Å². The predicted octanol–water partition coefficient (Wildman–Crippen LogP) is 7.53. The summed E-state index contributed by atoms with van der Waals surface area (Å²) in [6, 6.07) is 39.2. The van der Waals surface area contributed by atoms with Gasteiger partial charge in [-0.15, -0.1) is 0 Å². The molecule has 1 saturated carbocycles. The molecule has 0 bridgehead atoms. The Bertz CT molecular complexity index is 2230. The van der Waals surface area contributed by atoms with Crippen molar-refractivity contribution in [2.45, 2.75) is 69.6 Å². The van der Waals surface area contributed by atoms with Crippen molar-refractivity contribution < 1.29 is 14.3 Å². The van der Waals surface area contributed by atoms with Gasteiger partial charge in [0.2, 0.25) is 17.7 Å². The van der Waals surface area contributed by atoms with Crippen molar-refractivity contribution in [2.75, 3.05) is 18.0 Å². The highest BCUT2D eigenvalue weighted by atomic mass is 16.5. The van der Waals surface area contributed by atoms with Crippen LogP contribution in [-0.4, -0.2) is 61.7 Å². The van der Waals surface area contributed by atoms with E-state index in [9.17, 15) is 9.59 Å². The second-order valence-electron chi connectivity index (χ2n) is 16.0. The number of likely N-dealkylation sites (tertiary alicyclic amines) is 1. The van der Waals surface area contributed by atoms with Crippen molar-refractivity contribution >= 4 is 28.5 Å². The molecule has 1 aliphatic carbocycles. The first-order valence-corrected chi connectivity index (χ1v) is 19.0. The summed E-state index contributed by atoms with van der Waals surface area (Å²) >= 11 is 0. The van der Waals surface area contributed by atoms with E-state index in [1.165, 1.54) is 0 Å². The van der Waals surface area contributed by atoms with Gasteiger partial charge in [-0.25, -0.2) is 9.67 Å². The molecule has 9 heteroatoms. The number of ether oxygens (including phenoxy) is 1. The van der Waals surface area contributed by atoms with Crippen LogP contribution in [0.4, 0.5) is 5.69 Å². The molecule has 0 unspecified atom stereocenters. The van der Waals surface area contributed by atoms with Crippen LogP contribution in [0.5, 0.6) is 5.88 Å². The van der Waals surface area contributed by atoms with E-state index >= 15 is 0 Å². The lowest BCUT2D eigenvalue weighted by Crippen LogP contribution is -2.55. The predicted molar refractivity (Wildman–Crippen MR) is 208 cm³/mol. The van der Waals surface area contributed by atoms with Gasteiger partial charge in [-0.2, -0.15) is 5.10 Å². The maximum Gasteiger partial charge on any atom is 0.242 e. The Kier molecular flexibility index (Phi) is 8.14. The molecule has 9 nitrogen and oxygen atoms in total. The molecule has 6 aromatic rings. The monoisotopic (exact) mass is 716 g/mol. The van der Waals surface area contributed by atoms with Gasteiger partial charge in [0.1, 0.15) is 29.1 Å². The molecule has 0 N–H and O–H groups in total. The quantitative estimate of drug-likeness (QED) is 0.151. The van der Waals surface area contributed by atoms with Gasteiger partial charge in [-0.05, 0) is 53.1 Å². The Morgan fingerprint density at radius 2 is 1.46 bits per heavy atom. The average molecular weight is 717 g/mol. The van der Waals surface area contributed by atoms with Gasteiger partial charge < -0.3 is 14.5 Å². The lowest BCUT2D eigenvalue weighted by Gasteiger charge is -2.42. The van der Waals surface area contributed by atoms with Gasteiger partial charge in [0, 0.05) is 37.7 Å². The van der Waals surface area contributed by atoms with E-state index in [2.05, 4.69) is 98.2 Å². The first-order valence-electron chi connectivity index (χ1n) is 19.0. The summed E-state index contributed by atoms with van der Waals surface area (Å²) in [7, 11) is 0. The molecule has 1 atom stereocenters. The van der Waals surface area contributed by atoms with Gasteiger partial charge in [0.15, 0.2) is 0 Å². The summed E-state index contributed by atoms with van der Waals surface area (Å²) in [5, 5.41) is 5.03. The van der Waals surface area contributed by atoms with Crippen molar-refractivity contribution in [3.05, 3.63) is 150 Å². The molecule has 3 aromatic heterocycles. The van der Waals surface area contributed by atoms with E-state index in [1.807, 2.05) is 47.4 Å². The Morgan fingerprint density at radius 1 is 0.833 bits per heavy atom. The van der Waals surface area contributed by atoms with Crippen LogP contribution in [-0.2, 0) is 20.5 Å². The number of carbonyl (C=O) groups excluding carboxylic acids is 2. The van der Waals surface area contributed by atoms with Crippen LogP contribution in [0, 0.1) is 5.41 Å². The lowest BCUT2D eigenvalue weighted by molar-refractivity contribution is -0.136. The minimum Gasteiger partial charge on any atom is -0.474 e. The third kappa shape index (κ3) is 5.31. The molecule has 2 amide bonds. The number of hydrogen-bond donors (Lipinski definition) is 0. The summed E-state index contributed by atoms with van der Waals surface area (Å²) in [5.41, 5.74) is 4.66. The largest absolute Gasteiger partial charge is 0.474 e. The fourth-order valence-corrected chi connectivity index (χ4v) is 9.28. The van der Waals surface area contributed by atoms with Crippen LogP contribution in [0.1, 0.15) is 68.8 Å². The Hall–Kier alpha value is -5.83. The highest BCUT2D eigenvalue weighted by Gasteiger charge is 2.61. The van der Waals surface area contributed by atoms with Crippen molar-refractivity contribution in [3.8, 4) is 5.88 Å². The molecule has 2 fully saturated rings. The van der Waals surface area contributed by atoms with Crippen molar-refractivity contribution in [1.82, 2.24) is 24.6 Å². The number of fused-ring (bicyclic) bond motifs is 3. The zero-order valence-corrected chi connectivity index (χ0v) is 30.9. The summed E-state index contributed by atoms with van der Waals surface area (Å²) < 4.78 is 8.55. The summed E-state index contributed by atoms with van der Waals surface area (Å²) in [5.74, 6) is 0.404. The number of aromatic nitrogens is 4. The molecular weight excluding hydrogens is 673 g/mol. The van der Waals surface area contributed by atoms with Gasteiger partial charge in [0.25, 0.3) is 0 Å². The number of benzene rings is 3. The molecule has 54 heavy (non-hydrogen) atoms. The SMILES string of the molecule is CC(C)(C)[C@@H]1CCCN1C(=O)CN1C(=O)C2(CC(Oc3ccc4c(cnn4C(c4ccccc4)(c4ccccc4)c4ccccc4)n3)C2)c2ncccc21. The number of rotatable bonds is 8. The first-order chi connectivity index (χ1) is 26.2. The number of amides is 2. The molecular formula is C45H44N6O3. The molecule has 3 aliphatic rings. The summed E-state index contributed by atoms with van der Waals surface area (Å²) in [6.07, 6.45) is 6.20. The number of pyridine rings is 2. The van der Waals surface area contributed by atoms with E-state index in [4.69, 9.17) is 19.8 Å². The van der Waals surface area contributed by atoms with Crippen LogP contribution in [0.2, 0.25) is 0 Å². The molecule has 3 aromatic carbocycles. The highest BCUT2D eigenvalue weighted by Crippen LogP contribution is 2.53. The Labute approximate surface area is 315 Å². The highest BCUT2D eigenvalue weighted by molar-refractivity contribution is 6.10. The van der Waals surface area contributed by atoms with Crippen LogP contribution < -0.4 is 9.64 Å². The standard InChI is InChI=1S/C45H44N6O3/c1-43(2,3)38-22-14-26-49(38)40(52)30-50-37-21-13-25-46-41(37)44(42(50)53)27-34(28-44)54-39-24-23-36-35(48-39)29-47-51(36)45(31-15-7-4-8-16-31,32-17-9-5-10-18-32)33-19-11-6-12-20-33/h4-13,15-21,23-25,29,34,38H,14,22,26-28,30H2,1-3H3/t34?,38-,44?/m0/s1. The van der Waals surface area contributed by atoms with Gasteiger partial charge >= 0.3 is 0 Å². The third-order valence-electron chi connectivity index (χ3n) is 11.8. The van der Waals surface area contributed by atoms with Crippen molar-refractivity contribution in [3.63, 3.8) is 0 Å². The number of anilines is 1. The molecule has 272 valence electrons. The Balaban J connectivity index is 0.991. The summed E-state index contributed by atoms with van der Waals surface area (Å²) in [4.78, 5) is 41.3. The van der Waals surface area contributed by atoms with Crippen LogP contribution in [0.25, 0.3) is 11.0 Å². The average Bonchev–Trinajstić information content (AvgIpc) is 3.90. The fraction of sp³-hybridized carbons (Fsp3) is 0.311. The smallest absolute Gasteiger partial charge is 0.242 e. The second kappa shape index (κ2) is 12.9. The van der Waals surface area contributed by atoms with E-state index < -0.39 is 11.0 Å². The maximum atomic E-state index is 14.2. The van der Waals surface area contributed by atoms with Gasteiger partial charge in [0.05, 0.1) is 23.1 Å². The third-order valence-corrected chi connectivity index (χ3v) is 11.8. The molecule has 5 heterocycles.